The topological polar surface area (TPSA) is 28.2 Å². The van der Waals surface area contributed by atoms with Crippen LogP contribution in [0.5, 0.6) is 0 Å². The molecule has 1 N–H and O–H groups in total. The monoisotopic (exact) mass is 239 g/mol. The van der Waals surface area contributed by atoms with Crippen LogP contribution in [-0.4, -0.2) is 35.1 Å². The number of aromatic nitrogens is 1. The van der Waals surface area contributed by atoms with Gasteiger partial charge in [0, 0.05) is 29.7 Å². The van der Waals surface area contributed by atoms with Gasteiger partial charge in [0.25, 0.3) is 0 Å². The van der Waals surface area contributed by atoms with Crippen molar-refractivity contribution in [1.29, 1.82) is 0 Å². The quantitative estimate of drug-likeness (QED) is 0.872. The average molecular weight is 239 g/mol. The maximum atomic E-state index is 4.09. The van der Waals surface area contributed by atoms with Crippen molar-refractivity contribution in [2.75, 3.05) is 13.1 Å². The van der Waals surface area contributed by atoms with Gasteiger partial charge in [0.1, 0.15) is 0 Å². The summed E-state index contributed by atoms with van der Waals surface area (Å²) in [5.74, 6) is 0. The molecule has 4 heteroatoms. The molecule has 2 rings (SSSR count). The third-order valence-corrected chi connectivity index (χ3v) is 4.09. The molecular formula is C12H21N3S. The number of thiazole rings is 1. The van der Waals surface area contributed by atoms with Crippen molar-refractivity contribution in [2.45, 2.75) is 45.3 Å². The first-order valence-corrected chi connectivity index (χ1v) is 6.98. The van der Waals surface area contributed by atoms with E-state index in [2.05, 4.69) is 29.0 Å². The van der Waals surface area contributed by atoms with Crippen LogP contribution in [0, 0.1) is 0 Å². The van der Waals surface area contributed by atoms with Gasteiger partial charge in [-0.15, -0.1) is 11.3 Å². The van der Waals surface area contributed by atoms with Crippen LogP contribution in [0.4, 0.5) is 0 Å². The first-order valence-electron chi connectivity index (χ1n) is 6.10. The van der Waals surface area contributed by atoms with Gasteiger partial charge in [-0.3, -0.25) is 4.98 Å². The lowest BCUT2D eigenvalue weighted by atomic mass is 10.0. The molecule has 2 heterocycles. The maximum Gasteiger partial charge on any atom is 0.0794 e. The summed E-state index contributed by atoms with van der Waals surface area (Å²) in [6.45, 7) is 8.02. The zero-order valence-corrected chi connectivity index (χ0v) is 11.0. The van der Waals surface area contributed by atoms with Gasteiger partial charge in [-0.2, -0.15) is 0 Å². The highest BCUT2D eigenvalue weighted by Crippen LogP contribution is 2.14. The molecule has 0 spiro atoms. The number of nitrogens with zero attached hydrogens (tertiary/aromatic N) is 2. The largest absolute Gasteiger partial charge is 0.309 e. The minimum absolute atomic E-state index is 0.692. The molecule has 0 bridgehead atoms. The zero-order valence-electron chi connectivity index (χ0n) is 10.1. The van der Waals surface area contributed by atoms with Crippen molar-refractivity contribution < 1.29 is 0 Å². The molecule has 1 fully saturated rings. The highest BCUT2D eigenvalue weighted by atomic mass is 32.1. The Bertz CT molecular complexity index is 289. The van der Waals surface area contributed by atoms with E-state index in [-0.39, 0.29) is 0 Å². The molecule has 0 radical (unpaired) electrons. The highest BCUT2D eigenvalue weighted by molar-refractivity contribution is 7.09. The van der Waals surface area contributed by atoms with Crippen molar-refractivity contribution >= 4 is 11.3 Å². The van der Waals surface area contributed by atoms with Gasteiger partial charge in [0.15, 0.2) is 0 Å². The van der Waals surface area contributed by atoms with Gasteiger partial charge in [-0.25, -0.2) is 0 Å². The van der Waals surface area contributed by atoms with Crippen LogP contribution in [0.3, 0.4) is 0 Å². The summed E-state index contributed by atoms with van der Waals surface area (Å²) < 4.78 is 0. The molecule has 0 atom stereocenters. The average Bonchev–Trinajstić information content (AvgIpc) is 2.80. The molecule has 0 amide bonds. The second-order valence-corrected chi connectivity index (χ2v) is 5.72. The molecule has 0 aliphatic carbocycles. The minimum atomic E-state index is 0.692. The number of nitrogens with one attached hydrogen (secondary N) is 1. The molecule has 1 aliphatic heterocycles. The van der Waals surface area contributed by atoms with Crippen molar-refractivity contribution in [3.63, 3.8) is 0 Å². The van der Waals surface area contributed by atoms with Gasteiger partial charge in [0.05, 0.1) is 5.51 Å². The Balaban J connectivity index is 1.69. The normalized spacial score (nSPS) is 19.4. The fraction of sp³-hybridized carbons (Fsp3) is 0.750. The van der Waals surface area contributed by atoms with E-state index >= 15 is 0 Å². The first kappa shape index (κ1) is 12.0. The number of rotatable bonds is 4. The standard InChI is InChI=1S/C12H21N3S/c1-10(2)15-5-3-11(4-6-15)14-8-12-7-13-9-16-12/h7,9-11,14H,3-6,8H2,1-2H3. The Labute approximate surface area is 102 Å². The van der Waals surface area contributed by atoms with Crippen molar-refractivity contribution in [3.05, 3.63) is 16.6 Å². The molecule has 1 aromatic heterocycles. The molecule has 0 unspecified atom stereocenters. The summed E-state index contributed by atoms with van der Waals surface area (Å²) in [6.07, 6.45) is 4.51. The van der Waals surface area contributed by atoms with Crippen LogP contribution in [-0.2, 0) is 6.54 Å². The van der Waals surface area contributed by atoms with Crippen LogP contribution >= 0.6 is 11.3 Å². The molecule has 90 valence electrons. The van der Waals surface area contributed by atoms with Crippen molar-refractivity contribution in [1.82, 2.24) is 15.2 Å². The smallest absolute Gasteiger partial charge is 0.0794 e. The number of likely N-dealkylation sites (tertiary alicyclic amines) is 1. The van der Waals surface area contributed by atoms with Crippen LogP contribution < -0.4 is 5.32 Å². The highest BCUT2D eigenvalue weighted by Gasteiger charge is 2.20. The van der Waals surface area contributed by atoms with Gasteiger partial charge in [-0.05, 0) is 39.8 Å². The second-order valence-electron chi connectivity index (χ2n) is 4.75. The lowest BCUT2D eigenvalue weighted by Crippen LogP contribution is -2.44. The molecule has 1 aromatic rings. The van der Waals surface area contributed by atoms with E-state index in [1.54, 1.807) is 11.3 Å². The summed E-state index contributed by atoms with van der Waals surface area (Å²) in [5.41, 5.74) is 1.90. The molecule has 16 heavy (non-hydrogen) atoms. The summed E-state index contributed by atoms with van der Waals surface area (Å²) in [5, 5.41) is 3.63. The Hall–Kier alpha value is -0.450. The molecule has 1 aliphatic rings. The zero-order chi connectivity index (χ0) is 11.4. The van der Waals surface area contributed by atoms with E-state index < -0.39 is 0 Å². The predicted octanol–water partition coefficient (Wildman–Crippen LogP) is 2.11. The fourth-order valence-corrected chi connectivity index (χ4v) is 2.74. The fourth-order valence-electron chi connectivity index (χ4n) is 2.19. The Kier molecular flexibility index (Phi) is 4.32. The van der Waals surface area contributed by atoms with Crippen LogP contribution in [0.1, 0.15) is 31.6 Å². The third-order valence-electron chi connectivity index (χ3n) is 3.31. The van der Waals surface area contributed by atoms with Gasteiger partial charge in [-0.1, -0.05) is 0 Å². The lowest BCUT2D eigenvalue weighted by Gasteiger charge is -2.34. The van der Waals surface area contributed by atoms with Gasteiger partial charge >= 0.3 is 0 Å². The van der Waals surface area contributed by atoms with Crippen LogP contribution in [0.25, 0.3) is 0 Å². The van der Waals surface area contributed by atoms with Gasteiger partial charge in [0.2, 0.25) is 0 Å². The summed E-state index contributed by atoms with van der Waals surface area (Å²) >= 11 is 1.73. The number of hydrogen-bond acceptors (Lipinski definition) is 4. The third kappa shape index (κ3) is 3.27. The molecular weight excluding hydrogens is 218 g/mol. The van der Waals surface area contributed by atoms with Gasteiger partial charge < -0.3 is 10.2 Å². The van der Waals surface area contributed by atoms with E-state index in [1.165, 1.54) is 30.8 Å². The molecule has 0 aromatic carbocycles. The summed E-state index contributed by atoms with van der Waals surface area (Å²) in [4.78, 5) is 7.99. The minimum Gasteiger partial charge on any atom is -0.309 e. The van der Waals surface area contributed by atoms with Crippen LogP contribution in [0.2, 0.25) is 0 Å². The molecule has 1 saturated heterocycles. The molecule has 3 nitrogen and oxygen atoms in total. The first-order chi connectivity index (χ1) is 7.75. The summed E-state index contributed by atoms with van der Waals surface area (Å²) in [6, 6.07) is 1.39. The van der Waals surface area contributed by atoms with Crippen LogP contribution in [0.15, 0.2) is 11.7 Å². The Morgan fingerprint density at radius 3 is 2.81 bits per heavy atom. The summed E-state index contributed by atoms with van der Waals surface area (Å²) in [7, 11) is 0. The van der Waals surface area contributed by atoms with Crippen molar-refractivity contribution in [2.24, 2.45) is 0 Å². The SMILES string of the molecule is CC(C)N1CCC(NCc2cncs2)CC1. The van der Waals surface area contributed by atoms with E-state index in [0.717, 1.165) is 6.54 Å². The lowest BCUT2D eigenvalue weighted by molar-refractivity contribution is 0.161. The maximum absolute atomic E-state index is 4.09. The molecule has 0 saturated carbocycles. The van der Waals surface area contributed by atoms with Crippen molar-refractivity contribution in [3.8, 4) is 0 Å². The number of piperidine rings is 1. The Morgan fingerprint density at radius 2 is 2.25 bits per heavy atom. The predicted molar refractivity (Wildman–Crippen MR) is 68.7 cm³/mol. The Morgan fingerprint density at radius 1 is 1.50 bits per heavy atom. The van der Waals surface area contributed by atoms with E-state index in [0.29, 0.717) is 12.1 Å². The van der Waals surface area contributed by atoms with E-state index in [1.807, 2.05) is 11.7 Å². The van der Waals surface area contributed by atoms with E-state index in [9.17, 15) is 0 Å². The number of hydrogen-bond donors (Lipinski definition) is 1. The van der Waals surface area contributed by atoms with E-state index in [4.69, 9.17) is 0 Å². The second kappa shape index (κ2) is 5.75.